The van der Waals surface area contributed by atoms with Crippen LogP contribution in [0.15, 0.2) is 53.1 Å². The van der Waals surface area contributed by atoms with Crippen LogP contribution in [0, 0.1) is 6.92 Å². The molecule has 7 nitrogen and oxygen atoms in total. The Hall–Kier alpha value is -3.48. The first-order chi connectivity index (χ1) is 13.4. The molecule has 2 amide bonds. The molecule has 1 heterocycles. The number of benzene rings is 2. The quantitative estimate of drug-likeness (QED) is 0.687. The van der Waals surface area contributed by atoms with Crippen molar-refractivity contribution >= 4 is 11.8 Å². The molecule has 0 saturated carbocycles. The highest BCUT2D eigenvalue weighted by Crippen LogP contribution is 2.17. The number of carbonyl (C=O) groups is 2. The number of hydrogen-bond acceptors (Lipinski definition) is 5. The first kappa shape index (κ1) is 19.3. The molecule has 0 atom stereocenters. The summed E-state index contributed by atoms with van der Waals surface area (Å²) in [7, 11) is 0. The van der Waals surface area contributed by atoms with Gasteiger partial charge in [-0.15, -0.1) is 0 Å². The van der Waals surface area contributed by atoms with Gasteiger partial charge in [-0.05, 0) is 45.0 Å². The molecule has 3 aromatic rings. The van der Waals surface area contributed by atoms with Crippen LogP contribution in [-0.2, 0) is 6.54 Å². The third-order valence-electron chi connectivity index (χ3n) is 3.98. The van der Waals surface area contributed by atoms with Gasteiger partial charge < -0.3 is 15.2 Å². The molecule has 2 aromatic carbocycles. The SMILES string of the molecule is Cc1ccc(C(=O)NCc2nc(-c3cccc(C(=O)NC(C)C)c3)no2)cc1. The third-order valence-corrected chi connectivity index (χ3v) is 3.98. The van der Waals surface area contributed by atoms with E-state index in [1.54, 1.807) is 36.4 Å². The molecule has 7 heteroatoms. The van der Waals surface area contributed by atoms with Gasteiger partial charge in [-0.1, -0.05) is 35.0 Å². The Bertz CT molecular complexity index is 977. The van der Waals surface area contributed by atoms with Gasteiger partial charge >= 0.3 is 0 Å². The second-order valence-electron chi connectivity index (χ2n) is 6.77. The van der Waals surface area contributed by atoms with Gasteiger partial charge in [0, 0.05) is 22.7 Å². The molecule has 2 N–H and O–H groups in total. The van der Waals surface area contributed by atoms with Gasteiger partial charge in [-0.3, -0.25) is 9.59 Å². The van der Waals surface area contributed by atoms with E-state index < -0.39 is 0 Å². The Kier molecular flexibility index (Phi) is 5.84. The van der Waals surface area contributed by atoms with Crippen LogP contribution in [0.25, 0.3) is 11.4 Å². The lowest BCUT2D eigenvalue weighted by Crippen LogP contribution is -2.30. The van der Waals surface area contributed by atoms with Crippen LogP contribution in [0.5, 0.6) is 0 Å². The molecule has 28 heavy (non-hydrogen) atoms. The summed E-state index contributed by atoms with van der Waals surface area (Å²) in [6, 6.07) is 14.3. The van der Waals surface area contributed by atoms with Gasteiger partial charge in [0.25, 0.3) is 11.8 Å². The van der Waals surface area contributed by atoms with Crippen LogP contribution in [0.3, 0.4) is 0 Å². The average Bonchev–Trinajstić information content (AvgIpc) is 3.15. The molecule has 0 bridgehead atoms. The summed E-state index contributed by atoms with van der Waals surface area (Å²) in [4.78, 5) is 28.6. The zero-order valence-corrected chi connectivity index (χ0v) is 16.0. The van der Waals surface area contributed by atoms with Gasteiger partial charge in [-0.25, -0.2) is 0 Å². The highest BCUT2D eigenvalue weighted by Gasteiger charge is 2.13. The lowest BCUT2D eigenvalue weighted by Gasteiger charge is -2.08. The minimum absolute atomic E-state index is 0.0464. The van der Waals surface area contributed by atoms with Gasteiger partial charge in [0.05, 0.1) is 6.54 Å². The Labute approximate surface area is 163 Å². The molecule has 3 rings (SSSR count). The standard InChI is InChI=1S/C21H22N4O3/c1-13(2)23-21(27)17-6-4-5-16(11-17)19-24-18(28-25-19)12-22-20(26)15-9-7-14(3)8-10-15/h4-11,13H,12H2,1-3H3,(H,22,26)(H,23,27). The topological polar surface area (TPSA) is 97.1 Å². The van der Waals surface area contributed by atoms with Crippen molar-refractivity contribution in [2.45, 2.75) is 33.4 Å². The van der Waals surface area contributed by atoms with Crippen LogP contribution < -0.4 is 10.6 Å². The monoisotopic (exact) mass is 378 g/mol. The number of aromatic nitrogens is 2. The van der Waals surface area contributed by atoms with Crippen LogP contribution >= 0.6 is 0 Å². The molecular formula is C21H22N4O3. The van der Waals surface area contributed by atoms with E-state index in [1.165, 1.54) is 0 Å². The Morgan fingerprint density at radius 1 is 1.04 bits per heavy atom. The largest absolute Gasteiger partial charge is 0.350 e. The summed E-state index contributed by atoms with van der Waals surface area (Å²) < 4.78 is 5.21. The zero-order valence-electron chi connectivity index (χ0n) is 16.0. The predicted molar refractivity (Wildman–Crippen MR) is 105 cm³/mol. The summed E-state index contributed by atoms with van der Waals surface area (Å²) in [5.74, 6) is 0.268. The van der Waals surface area contributed by atoms with Crippen molar-refractivity contribution < 1.29 is 14.1 Å². The molecule has 0 radical (unpaired) electrons. The van der Waals surface area contributed by atoms with Crippen LogP contribution in [0.1, 0.15) is 46.0 Å². The maximum absolute atomic E-state index is 12.2. The van der Waals surface area contributed by atoms with Crippen molar-refractivity contribution in [3.63, 3.8) is 0 Å². The van der Waals surface area contributed by atoms with Gasteiger partial charge in [0.1, 0.15) is 0 Å². The van der Waals surface area contributed by atoms with Crippen molar-refractivity contribution in [3.05, 3.63) is 71.1 Å². The van der Waals surface area contributed by atoms with E-state index in [-0.39, 0.29) is 30.3 Å². The molecule has 1 aromatic heterocycles. The molecule has 0 unspecified atom stereocenters. The predicted octanol–water partition coefficient (Wildman–Crippen LogP) is 3.11. The van der Waals surface area contributed by atoms with Crippen molar-refractivity contribution in [1.82, 2.24) is 20.8 Å². The molecule has 144 valence electrons. The number of amides is 2. The first-order valence-electron chi connectivity index (χ1n) is 9.01. The molecule has 0 fully saturated rings. The van der Waals surface area contributed by atoms with E-state index in [1.807, 2.05) is 32.9 Å². The van der Waals surface area contributed by atoms with Crippen LogP contribution in [-0.4, -0.2) is 28.0 Å². The van der Waals surface area contributed by atoms with Crippen molar-refractivity contribution in [2.75, 3.05) is 0 Å². The summed E-state index contributed by atoms with van der Waals surface area (Å²) in [5, 5.41) is 9.54. The molecule has 0 aliphatic carbocycles. The molecule has 0 saturated heterocycles. The fourth-order valence-corrected chi connectivity index (χ4v) is 2.55. The average molecular weight is 378 g/mol. The number of nitrogens with one attached hydrogen (secondary N) is 2. The molecule has 0 aliphatic rings. The second kappa shape index (κ2) is 8.47. The molecular weight excluding hydrogens is 356 g/mol. The zero-order chi connectivity index (χ0) is 20.1. The fourth-order valence-electron chi connectivity index (χ4n) is 2.55. The number of aryl methyl sites for hydroxylation is 1. The minimum atomic E-state index is -0.216. The van der Waals surface area contributed by atoms with Crippen LogP contribution in [0.4, 0.5) is 0 Å². The van der Waals surface area contributed by atoms with Gasteiger partial charge in [-0.2, -0.15) is 4.98 Å². The first-order valence-corrected chi connectivity index (χ1v) is 9.01. The van der Waals surface area contributed by atoms with Gasteiger partial charge in [0.15, 0.2) is 0 Å². The molecule has 0 aliphatic heterocycles. The summed E-state index contributed by atoms with van der Waals surface area (Å²) in [6.45, 7) is 5.88. The molecule has 0 spiro atoms. The highest BCUT2D eigenvalue weighted by molar-refractivity contribution is 5.95. The van der Waals surface area contributed by atoms with E-state index in [0.29, 0.717) is 22.5 Å². The summed E-state index contributed by atoms with van der Waals surface area (Å²) in [5.41, 5.74) is 2.83. The fraction of sp³-hybridized carbons (Fsp3) is 0.238. The summed E-state index contributed by atoms with van der Waals surface area (Å²) >= 11 is 0. The van der Waals surface area contributed by atoms with Crippen molar-refractivity contribution in [3.8, 4) is 11.4 Å². The van der Waals surface area contributed by atoms with Crippen molar-refractivity contribution in [1.29, 1.82) is 0 Å². The maximum Gasteiger partial charge on any atom is 0.251 e. The number of nitrogens with zero attached hydrogens (tertiary/aromatic N) is 2. The normalized spacial score (nSPS) is 10.7. The number of rotatable bonds is 6. The van der Waals surface area contributed by atoms with E-state index >= 15 is 0 Å². The maximum atomic E-state index is 12.2. The Balaban J connectivity index is 1.66. The van der Waals surface area contributed by atoms with E-state index in [9.17, 15) is 9.59 Å². The van der Waals surface area contributed by atoms with Crippen LogP contribution in [0.2, 0.25) is 0 Å². The second-order valence-corrected chi connectivity index (χ2v) is 6.77. The van der Waals surface area contributed by atoms with E-state index in [2.05, 4.69) is 20.8 Å². The smallest absolute Gasteiger partial charge is 0.251 e. The lowest BCUT2D eigenvalue weighted by atomic mass is 10.1. The minimum Gasteiger partial charge on any atom is -0.350 e. The van der Waals surface area contributed by atoms with E-state index in [0.717, 1.165) is 5.56 Å². The highest BCUT2D eigenvalue weighted by atomic mass is 16.5. The van der Waals surface area contributed by atoms with Gasteiger partial charge in [0.2, 0.25) is 11.7 Å². The Morgan fingerprint density at radius 3 is 2.50 bits per heavy atom. The lowest BCUT2D eigenvalue weighted by molar-refractivity contribution is 0.0936. The Morgan fingerprint density at radius 2 is 1.79 bits per heavy atom. The number of hydrogen-bond donors (Lipinski definition) is 2. The van der Waals surface area contributed by atoms with Crippen molar-refractivity contribution in [2.24, 2.45) is 0 Å². The van der Waals surface area contributed by atoms with E-state index in [4.69, 9.17) is 4.52 Å². The summed E-state index contributed by atoms with van der Waals surface area (Å²) in [6.07, 6.45) is 0. The third kappa shape index (κ3) is 4.82. The number of carbonyl (C=O) groups excluding carboxylic acids is 2.